The van der Waals surface area contributed by atoms with Crippen molar-refractivity contribution < 1.29 is 13.2 Å². The molecular weight excluding hydrogens is 338 g/mol. The minimum Gasteiger partial charge on any atom is -0.356 e. The van der Waals surface area contributed by atoms with E-state index < -0.39 is 10.0 Å². The molecule has 0 bridgehead atoms. The van der Waals surface area contributed by atoms with Crippen LogP contribution in [0.3, 0.4) is 0 Å². The van der Waals surface area contributed by atoms with Gasteiger partial charge in [-0.2, -0.15) is 0 Å². The number of hydrogen-bond donors (Lipinski definition) is 1. The van der Waals surface area contributed by atoms with E-state index in [4.69, 9.17) is 0 Å². The van der Waals surface area contributed by atoms with E-state index in [0.717, 1.165) is 25.8 Å². The normalized spacial score (nSPS) is 26.5. The Labute approximate surface area is 153 Å². The Morgan fingerprint density at radius 2 is 1.92 bits per heavy atom. The number of rotatable bonds is 8. The minimum absolute atomic E-state index is 0.0155. The molecule has 0 spiro atoms. The van der Waals surface area contributed by atoms with E-state index in [-0.39, 0.29) is 17.6 Å². The molecule has 2 aliphatic heterocycles. The van der Waals surface area contributed by atoms with Crippen LogP contribution in [0, 0.1) is 5.92 Å². The molecule has 2 fully saturated rings. The zero-order valence-electron chi connectivity index (χ0n) is 15.9. The van der Waals surface area contributed by atoms with E-state index in [2.05, 4.69) is 17.1 Å². The van der Waals surface area contributed by atoms with Gasteiger partial charge in [0.05, 0.1) is 11.7 Å². The zero-order valence-corrected chi connectivity index (χ0v) is 16.7. The quantitative estimate of drug-likeness (QED) is 0.659. The first kappa shape index (κ1) is 20.6. The number of nitrogens with zero attached hydrogens (tertiary/aromatic N) is 2. The topological polar surface area (TPSA) is 69.7 Å². The summed E-state index contributed by atoms with van der Waals surface area (Å²) in [5, 5.41) is 3.03. The van der Waals surface area contributed by atoms with Gasteiger partial charge < -0.3 is 10.2 Å². The standard InChI is InChI=1S/C18H35N3O3S/c1-3-17-10-5-6-12-20(17)13-8-11-19-18(22)16-9-7-14-21(15-16)25(23,24)4-2/h16-17H,3-15H2,1-2H3,(H,19,22). The SMILES string of the molecule is CCC1CCCCN1CCCNC(=O)C1CCCN(S(=O)(=O)CC)C1. The highest BCUT2D eigenvalue weighted by molar-refractivity contribution is 7.89. The van der Waals surface area contributed by atoms with Crippen LogP contribution in [0.25, 0.3) is 0 Å². The van der Waals surface area contributed by atoms with E-state index in [0.29, 0.717) is 25.7 Å². The van der Waals surface area contributed by atoms with Crippen LogP contribution in [0.4, 0.5) is 0 Å². The maximum atomic E-state index is 12.4. The Balaban J connectivity index is 1.71. The molecule has 0 aromatic rings. The second-order valence-electron chi connectivity index (χ2n) is 7.34. The van der Waals surface area contributed by atoms with Gasteiger partial charge >= 0.3 is 0 Å². The molecular formula is C18H35N3O3S. The average Bonchev–Trinajstić information content (AvgIpc) is 2.65. The van der Waals surface area contributed by atoms with E-state index in [1.54, 1.807) is 6.92 Å². The number of carbonyl (C=O) groups is 1. The van der Waals surface area contributed by atoms with Gasteiger partial charge in [0.1, 0.15) is 0 Å². The minimum atomic E-state index is -3.19. The van der Waals surface area contributed by atoms with E-state index in [1.165, 1.54) is 36.5 Å². The molecule has 2 atom stereocenters. The van der Waals surface area contributed by atoms with Crippen LogP contribution >= 0.6 is 0 Å². The Kier molecular flexibility index (Phi) is 8.16. The molecule has 0 saturated carbocycles. The molecule has 2 heterocycles. The van der Waals surface area contributed by atoms with Gasteiger partial charge in [0.25, 0.3) is 0 Å². The molecule has 0 aromatic carbocycles. The van der Waals surface area contributed by atoms with Crippen molar-refractivity contribution in [1.82, 2.24) is 14.5 Å². The van der Waals surface area contributed by atoms with Crippen LogP contribution < -0.4 is 5.32 Å². The molecule has 2 rings (SSSR count). The van der Waals surface area contributed by atoms with Crippen molar-refractivity contribution in [3.63, 3.8) is 0 Å². The third-order valence-corrected chi connectivity index (χ3v) is 7.50. The smallest absolute Gasteiger partial charge is 0.224 e. The van der Waals surface area contributed by atoms with Gasteiger partial charge in [0, 0.05) is 32.2 Å². The number of likely N-dealkylation sites (tertiary alicyclic amines) is 1. The summed E-state index contributed by atoms with van der Waals surface area (Å²) in [5.41, 5.74) is 0. The number of amides is 1. The number of carbonyl (C=O) groups excluding carboxylic acids is 1. The molecule has 1 N–H and O–H groups in total. The van der Waals surface area contributed by atoms with E-state index in [9.17, 15) is 13.2 Å². The van der Waals surface area contributed by atoms with E-state index in [1.807, 2.05) is 0 Å². The lowest BCUT2D eigenvalue weighted by molar-refractivity contribution is -0.126. The van der Waals surface area contributed by atoms with Crippen molar-refractivity contribution >= 4 is 15.9 Å². The molecule has 0 aromatic heterocycles. The van der Waals surface area contributed by atoms with E-state index >= 15 is 0 Å². The summed E-state index contributed by atoms with van der Waals surface area (Å²) in [4.78, 5) is 14.9. The summed E-state index contributed by atoms with van der Waals surface area (Å²) in [7, 11) is -3.19. The molecule has 146 valence electrons. The van der Waals surface area contributed by atoms with Crippen molar-refractivity contribution in [2.75, 3.05) is 38.5 Å². The molecule has 0 aliphatic carbocycles. The van der Waals surface area contributed by atoms with Gasteiger partial charge in [-0.15, -0.1) is 0 Å². The Hall–Kier alpha value is -0.660. The summed E-state index contributed by atoms with van der Waals surface area (Å²) < 4.78 is 25.5. The molecule has 2 unspecified atom stereocenters. The largest absolute Gasteiger partial charge is 0.356 e. The van der Waals surface area contributed by atoms with Crippen molar-refractivity contribution in [1.29, 1.82) is 0 Å². The van der Waals surface area contributed by atoms with Gasteiger partial charge in [-0.25, -0.2) is 12.7 Å². The second kappa shape index (κ2) is 9.88. The fraction of sp³-hybridized carbons (Fsp3) is 0.944. The highest BCUT2D eigenvalue weighted by Gasteiger charge is 2.31. The highest BCUT2D eigenvalue weighted by atomic mass is 32.2. The number of nitrogens with one attached hydrogen (secondary N) is 1. The lowest BCUT2D eigenvalue weighted by atomic mass is 9.98. The molecule has 25 heavy (non-hydrogen) atoms. The van der Waals surface area contributed by atoms with Crippen LogP contribution in [0.15, 0.2) is 0 Å². The van der Waals surface area contributed by atoms with Crippen molar-refractivity contribution in [3.8, 4) is 0 Å². The van der Waals surface area contributed by atoms with Gasteiger partial charge in [-0.1, -0.05) is 13.3 Å². The second-order valence-corrected chi connectivity index (χ2v) is 9.59. The third-order valence-electron chi connectivity index (χ3n) is 5.65. The van der Waals surface area contributed by atoms with Crippen molar-refractivity contribution in [2.24, 2.45) is 5.92 Å². The van der Waals surface area contributed by atoms with Crippen LogP contribution in [-0.4, -0.2) is 68.0 Å². The summed E-state index contributed by atoms with van der Waals surface area (Å²) in [6.45, 7) is 7.70. The lowest BCUT2D eigenvalue weighted by Gasteiger charge is -2.35. The molecule has 2 aliphatic rings. The summed E-state index contributed by atoms with van der Waals surface area (Å²) in [6, 6.07) is 0.704. The van der Waals surface area contributed by atoms with Gasteiger partial charge in [-0.05, 0) is 52.0 Å². The van der Waals surface area contributed by atoms with Gasteiger partial charge in [0.15, 0.2) is 0 Å². The van der Waals surface area contributed by atoms with Crippen LogP contribution in [0.5, 0.6) is 0 Å². The summed E-state index contributed by atoms with van der Waals surface area (Å²) in [5.74, 6) is -0.0781. The summed E-state index contributed by atoms with van der Waals surface area (Å²) >= 11 is 0. The maximum Gasteiger partial charge on any atom is 0.224 e. The molecule has 0 radical (unpaired) electrons. The Morgan fingerprint density at radius 3 is 2.64 bits per heavy atom. The Bertz CT molecular complexity index is 524. The maximum absolute atomic E-state index is 12.4. The number of sulfonamides is 1. The van der Waals surface area contributed by atoms with Crippen LogP contribution in [0.2, 0.25) is 0 Å². The number of piperidine rings is 2. The predicted molar refractivity (Wildman–Crippen MR) is 101 cm³/mol. The van der Waals surface area contributed by atoms with Crippen molar-refractivity contribution in [3.05, 3.63) is 0 Å². The first-order chi connectivity index (χ1) is 12.0. The highest BCUT2D eigenvalue weighted by Crippen LogP contribution is 2.20. The first-order valence-corrected chi connectivity index (χ1v) is 11.6. The zero-order chi connectivity index (χ0) is 18.3. The van der Waals surface area contributed by atoms with Crippen LogP contribution in [0.1, 0.15) is 58.8 Å². The van der Waals surface area contributed by atoms with Crippen molar-refractivity contribution in [2.45, 2.75) is 64.8 Å². The fourth-order valence-corrected chi connectivity index (χ4v) is 5.23. The Morgan fingerprint density at radius 1 is 1.12 bits per heavy atom. The molecule has 7 heteroatoms. The fourth-order valence-electron chi connectivity index (χ4n) is 4.05. The molecule has 6 nitrogen and oxygen atoms in total. The third kappa shape index (κ3) is 5.93. The monoisotopic (exact) mass is 373 g/mol. The molecule has 1 amide bonds. The molecule has 2 saturated heterocycles. The van der Waals surface area contributed by atoms with Gasteiger partial charge in [-0.3, -0.25) is 4.79 Å². The average molecular weight is 374 g/mol. The van der Waals surface area contributed by atoms with Crippen LogP contribution in [-0.2, 0) is 14.8 Å². The number of hydrogen-bond acceptors (Lipinski definition) is 4. The lowest BCUT2D eigenvalue weighted by Crippen LogP contribution is -2.46. The van der Waals surface area contributed by atoms with Gasteiger partial charge in [0.2, 0.25) is 15.9 Å². The first-order valence-electron chi connectivity index (χ1n) is 9.97. The predicted octanol–water partition coefficient (Wildman–Crippen LogP) is 1.82. The summed E-state index contributed by atoms with van der Waals surface area (Å²) in [6.07, 6.45) is 7.64.